The topological polar surface area (TPSA) is 115 Å². The zero-order chi connectivity index (χ0) is 14.8. The Bertz CT molecular complexity index is 764. The van der Waals surface area contributed by atoms with Crippen molar-refractivity contribution in [2.45, 2.75) is 4.90 Å². The van der Waals surface area contributed by atoms with Gasteiger partial charge in [0.05, 0.1) is 17.3 Å². The van der Waals surface area contributed by atoms with Gasteiger partial charge in [-0.25, -0.2) is 18.5 Å². The molecule has 0 saturated carbocycles. The zero-order valence-electron chi connectivity index (χ0n) is 9.95. The largest absolute Gasteiger partial charge is 0.321 e. The van der Waals surface area contributed by atoms with Crippen LogP contribution in [0.5, 0.6) is 0 Å². The summed E-state index contributed by atoms with van der Waals surface area (Å²) in [6.45, 7) is 0. The molecule has 7 nitrogen and oxygen atoms in total. The quantitative estimate of drug-likeness (QED) is 0.878. The summed E-state index contributed by atoms with van der Waals surface area (Å²) < 4.78 is 22.4. The molecule has 3 N–H and O–H groups in total. The highest BCUT2D eigenvalue weighted by molar-refractivity contribution is 7.89. The van der Waals surface area contributed by atoms with Crippen molar-refractivity contribution in [1.29, 1.82) is 0 Å². The van der Waals surface area contributed by atoms with E-state index in [0.717, 1.165) is 0 Å². The van der Waals surface area contributed by atoms with E-state index in [1.807, 2.05) is 0 Å². The molecule has 2 rings (SSSR count). The van der Waals surface area contributed by atoms with Gasteiger partial charge in [-0.1, -0.05) is 17.7 Å². The van der Waals surface area contributed by atoms with Gasteiger partial charge >= 0.3 is 0 Å². The maximum absolute atomic E-state index is 11.9. The molecule has 0 radical (unpaired) electrons. The molecule has 0 fully saturated rings. The number of carbonyl (C=O) groups is 1. The van der Waals surface area contributed by atoms with Crippen molar-refractivity contribution < 1.29 is 13.2 Å². The van der Waals surface area contributed by atoms with Gasteiger partial charge in [0.15, 0.2) is 0 Å². The van der Waals surface area contributed by atoms with Crippen molar-refractivity contribution in [2.24, 2.45) is 5.14 Å². The van der Waals surface area contributed by atoms with E-state index >= 15 is 0 Å². The third kappa shape index (κ3) is 3.50. The van der Waals surface area contributed by atoms with Gasteiger partial charge < -0.3 is 5.32 Å². The van der Waals surface area contributed by atoms with Crippen LogP contribution in [0, 0.1) is 0 Å². The molecule has 0 atom stereocenters. The minimum absolute atomic E-state index is 0.0125. The van der Waals surface area contributed by atoms with Crippen LogP contribution in [0.25, 0.3) is 0 Å². The van der Waals surface area contributed by atoms with E-state index in [2.05, 4.69) is 15.3 Å². The molecule has 0 aliphatic rings. The van der Waals surface area contributed by atoms with E-state index in [9.17, 15) is 13.2 Å². The molecule has 0 aliphatic carbocycles. The molecule has 9 heteroatoms. The Labute approximate surface area is 119 Å². The normalized spacial score (nSPS) is 11.1. The Balaban J connectivity index is 2.25. The van der Waals surface area contributed by atoms with Crippen molar-refractivity contribution in [3.05, 3.63) is 47.5 Å². The highest BCUT2D eigenvalue weighted by Gasteiger charge is 2.12. The first-order valence-electron chi connectivity index (χ1n) is 5.28. The van der Waals surface area contributed by atoms with Crippen LogP contribution in [-0.4, -0.2) is 24.3 Å². The molecule has 0 aliphatic heterocycles. The summed E-state index contributed by atoms with van der Waals surface area (Å²) in [4.78, 5) is 19.3. The summed E-state index contributed by atoms with van der Waals surface area (Å²) in [6.07, 6.45) is 2.53. The van der Waals surface area contributed by atoms with E-state index in [0.29, 0.717) is 0 Å². The molecule has 0 saturated heterocycles. The summed E-state index contributed by atoms with van der Waals surface area (Å²) in [5.41, 5.74) is 0.279. The van der Waals surface area contributed by atoms with Crippen molar-refractivity contribution in [2.75, 3.05) is 5.32 Å². The fourth-order valence-electron chi connectivity index (χ4n) is 1.40. The number of hydrogen-bond acceptors (Lipinski definition) is 5. The molecule has 0 spiro atoms. The van der Waals surface area contributed by atoms with Crippen LogP contribution >= 0.6 is 11.6 Å². The number of nitrogens with one attached hydrogen (secondary N) is 1. The van der Waals surface area contributed by atoms with Crippen LogP contribution in [0.4, 0.5) is 5.69 Å². The second-order valence-electron chi connectivity index (χ2n) is 3.75. The summed E-state index contributed by atoms with van der Waals surface area (Å²) in [7, 11) is -3.83. The van der Waals surface area contributed by atoms with Crippen LogP contribution in [0.3, 0.4) is 0 Å². The average molecular weight is 313 g/mol. The van der Waals surface area contributed by atoms with E-state index < -0.39 is 15.9 Å². The molecule has 0 unspecified atom stereocenters. The number of sulfonamides is 1. The Hall–Kier alpha value is -2.03. The summed E-state index contributed by atoms with van der Waals surface area (Å²) >= 11 is 5.63. The maximum Gasteiger partial charge on any atom is 0.275 e. The lowest BCUT2D eigenvalue weighted by atomic mass is 10.3. The number of aromatic nitrogens is 2. The van der Waals surface area contributed by atoms with Gasteiger partial charge in [-0.2, -0.15) is 0 Å². The van der Waals surface area contributed by atoms with Crippen LogP contribution in [0.2, 0.25) is 5.15 Å². The number of halogens is 1. The van der Waals surface area contributed by atoms with Crippen molar-refractivity contribution in [3.8, 4) is 0 Å². The molecule has 104 valence electrons. The first kappa shape index (κ1) is 14.4. The Morgan fingerprint density at radius 3 is 2.70 bits per heavy atom. The van der Waals surface area contributed by atoms with E-state index in [1.165, 1.54) is 36.7 Å². The molecule has 0 bridgehead atoms. The molecule has 2 aromatic rings. The van der Waals surface area contributed by atoms with Gasteiger partial charge in [-0.15, -0.1) is 0 Å². The molecule has 1 heterocycles. The minimum atomic E-state index is -3.83. The fourth-order valence-corrected chi connectivity index (χ4v) is 2.10. The monoisotopic (exact) mass is 312 g/mol. The number of benzene rings is 1. The number of amides is 1. The van der Waals surface area contributed by atoms with Gasteiger partial charge in [-0.3, -0.25) is 9.78 Å². The number of rotatable bonds is 3. The van der Waals surface area contributed by atoms with Gasteiger partial charge in [-0.05, 0) is 18.2 Å². The standard InChI is InChI=1S/C11H9ClN4O3S/c12-10-6-14-5-9(16-10)11(17)15-7-2-1-3-8(4-7)20(13,18)19/h1-6H,(H,15,17)(H2,13,18,19). The number of carbonyl (C=O) groups excluding carboxylic acids is 1. The number of nitrogens with zero attached hydrogens (tertiary/aromatic N) is 2. The van der Waals surface area contributed by atoms with E-state index in [4.69, 9.17) is 16.7 Å². The summed E-state index contributed by atoms with van der Waals surface area (Å²) in [5.74, 6) is -0.563. The third-order valence-corrected chi connectivity index (χ3v) is 3.35. The van der Waals surface area contributed by atoms with Gasteiger partial charge in [0.25, 0.3) is 5.91 Å². The smallest absolute Gasteiger partial charge is 0.275 e. The predicted molar refractivity (Wildman–Crippen MR) is 72.8 cm³/mol. The maximum atomic E-state index is 11.9. The second-order valence-corrected chi connectivity index (χ2v) is 5.70. The highest BCUT2D eigenvalue weighted by Crippen LogP contribution is 2.15. The van der Waals surface area contributed by atoms with Crippen molar-refractivity contribution in [3.63, 3.8) is 0 Å². The van der Waals surface area contributed by atoms with Gasteiger partial charge in [0.1, 0.15) is 10.8 Å². The van der Waals surface area contributed by atoms with Crippen molar-refractivity contribution >= 4 is 33.2 Å². The van der Waals surface area contributed by atoms with Crippen molar-refractivity contribution in [1.82, 2.24) is 9.97 Å². The SMILES string of the molecule is NS(=O)(=O)c1cccc(NC(=O)c2cncc(Cl)n2)c1. The second kappa shape index (κ2) is 5.53. The third-order valence-electron chi connectivity index (χ3n) is 2.26. The number of hydrogen-bond donors (Lipinski definition) is 2. The molecule has 1 aromatic heterocycles. The molecular weight excluding hydrogens is 304 g/mol. The number of nitrogens with two attached hydrogens (primary N) is 1. The van der Waals surface area contributed by atoms with Crippen LogP contribution < -0.4 is 10.5 Å². The van der Waals surface area contributed by atoms with Gasteiger partial charge in [0.2, 0.25) is 10.0 Å². The van der Waals surface area contributed by atoms with E-state index in [1.54, 1.807) is 0 Å². The number of anilines is 1. The van der Waals surface area contributed by atoms with Gasteiger partial charge in [0, 0.05) is 5.69 Å². The summed E-state index contributed by atoms with van der Waals surface area (Å²) in [5, 5.41) is 7.56. The lowest BCUT2D eigenvalue weighted by molar-refractivity contribution is 0.102. The first-order valence-corrected chi connectivity index (χ1v) is 7.20. The average Bonchev–Trinajstić information content (AvgIpc) is 2.38. The molecule has 1 amide bonds. The molecule has 20 heavy (non-hydrogen) atoms. The first-order chi connectivity index (χ1) is 9.36. The summed E-state index contributed by atoms with van der Waals surface area (Å²) in [6, 6.07) is 5.54. The highest BCUT2D eigenvalue weighted by atomic mass is 35.5. The lowest BCUT2D eigenvalue weighted by Crippen LogP contribution is -2.16. The predicted octanol–water partition coefficient (Wildman–Crippen LogP) is 1.03. The lowest BCUT2D eigenvalue weighted by Gasteiger charge is -2.06. The van der Waals surface area contributed by atoms with Crippen LogP contribution in [0.1, 0.15) is 10.5 Å². The molecule has 1 aromatic carbocycles. The minimum Gasteiger partial charge on any atom is -0.321 e. The number of primary sulfonamides is 1. The fraction of sp³-hybridized carbons (Fsp3) is 0. The Morgan fingerprint density at radius 2 is 2.05 bits per heavy atom. The Kier molecular flexibility index (Phi) is 3.98. The Morgan fingerprint density at radius 1 is 1.30 bits per heavy atom. The van der Waals surface area contributed by atoms with Crippen LogP contribution in [0.15, 0.2) is 41.6 Å². The molecular formula is C11H9ClN4O3S. The van der Waals surface area contributed by atoms with E-state index in [-0.39, 0.29) is 21.4 Å². The zero-order valence-corrected chi connectivity index (χ0v) is 11.5. The van der Waals surface area contributed by atoms with Crippen LogP contribution in [-0.2, 0) is 10.0 Å².